The maximum atomic E-state index is 12.0. The third kappa shape index (κ3) is 5.35. The number of likely N-dealkylation sites (tertiary alicyclic amines) is 1. The minimum absolute atomic E-state index is 0.0232. The number of nitrogens with two attached hydrogens (primary N) is 1. The van der Waals surface area contributed by atoms with Crippen LogP contribution in [-0.4, -0.2) is 44.5 Å². The standard InChI is InChI=1S/C14H21N3O2S2/c15-14(20)13-5-3-12(4-6-13)11-21(18,19)16-7-10-17-8-1-2-9-17/h3-6,16H,1-2,7-11H2,(H2,15,20). The van der Waals surface area contributed by atoms with Gasteiger partial charge in [0.15, 0.2) is 0 Å². The summed E-state index contributed by atoms with van der Waals surface area (Å²) in [6, 6.07) is 6.98. The highest BCUT2D eigenvalue weighted by Gasteiger charge is 2.14. The van der Waals surface area contributed by atoms with Gasteiger partial charge in [0.05, 0.1) is 5.75 Å². The molecule has 0 spiro atoms. The van der Waals surface area contributed by atoms with Crippen molar-refractivity contribution in [1.29, 1.82) is 0 Å². The smallest absolute Gasteiger partial charge is 0.215 e. The average molecular weight is 327 g/mol. The normalized spacial score (nSPS) is 16.2. The second-order valence-electron chi connectivity index (χ2n) is 5.26. The summed E-state index contributed by atoms with van der Waals surface area (Å²) >= 11 is 4.87. The molecule has 1 saturated heterocycles. The Morgan fingerprint density at radius 3 is 2.43 bits per heavy atom. The molecule has 1 aromatic carbocycles. The summed E-state index contributed by atoms with van der Waals surface area (Å²) in [5.74, 6) is -0.0232. The molecule has 1 aliphatic heterocycles. The van der Waals surface area contributed by atoms with Crippen molar-refractivity contribution in [2.24, 2.45) is 5.73 Å². The summed E-state index contributed by atoms with van der Waals surface area (Å²) < 4.78 is 26.7. The van der Waals surface area contributed by atoms with Gasteiger partial charge >= 0.3 is 0 Å². The van der Waals surface area contributed by atoms with Crippen LogP contribution in [0, 0.1) is 0 Å². The number of nitrogens with one attached hydrogen (secondary N) is 1. The third-order valence-electron chi connectivity index (χ3n) is 3.54. The molecule has 0 aromatic heterocycles. The van der Waals surface area contributed by atoms with Gasteiger partial charge in [-0.15, -0.1) is 0 Å². The highest BCUT2D eigenvalue weighted by atomic mass is 32.2. The van der Waals surface area contributed by atoms with E-state index in [-0.39, 0.29) is 5.75 Å². The summed E-state index contributed by atoms with van der Waals surface area (Å²) in [6.45, 7) is 3.39. The molecule has 5 nitrogen and oxygen atoms in total. The van der Waals surface area contributed by atoms with Crippen molar-refractivity contribution < 1.29 is 8.42 Å². The molecule has 2 rings (SSSR count). The van der Waals surface area contributed by atoms with Crippen molar-refractivity contribution in [3.8, 4) is 0 Å². The summed E-state index contributed by atoms with van der Waals surface area (Å²) in [5, 5.41) is 0. The van der Waals surface area contributed by atoms with Crippen molar-refractivity contribution in [2.75, 3.05) is 26.2 Å². The fourth-order valence-electron chi connectivity index (χ4n) is 2.40. The Bertz CT molecular complexity index is 579. The largest absolute Gasteiger partial charge is 0.389 e. The molecular formula is C14H21N3O2S2. The second-order valence-corrected chi connectivity index (χ2v) is 7.51. The number of rotatable bonds is 7. The van der Waals surface area contributed by atoms with E-state index in [0.717, 1.165) is 30.8 Å². The van der Waals surface area contributed by atoms with Crippen LogP contribution in [0.4, 0.5) is 0 Å². The number of sulfonamides is 1. The predicted octanol–water partition coefficient (Wildman–Crippen LogP) is 0.836. The number of thiocarbonyl (C=S) groups is 1. The van der Waals surface area contributed by atoms with Crippen LogP contribution < -0.4 is 10.5 Å². The zero-order chi connectivity index (χ0) is 15.3. The molecule has 1 aliphatic rings. The van der Waals surface area contributed by atoms with Gasteiger partial charge in [0.25, 0.3) is 0 Å². The van der Waals surface area contributed by atoms with Crippen molar-refractivity contribution in [1.82, 2.24) is 9.62 Å². The summed E-state index contributed by atoms with van der Waals surface area (Å²) in [6.07, 6.45) is 2.42. The molecule has 0 unspecified atom stereocenters. The van der Waals surface area contributed by atoms with Crippen LogP contribution >= 0.6 is 12.2 Å². The molecule has 7 heteroatoms. The average Bonchev–Trinajstić information content (AvgIpc) is 2.91. The molecule has 0 bridgehead atoms. The lowest BCUT2D eigenvalue weighted by Gasteiger charge is -2.14. The molecule has 1 aromatic rings. The first-order valence-electron chi connectivity index (χ1n) is 7.05. The minimum atomic E-state index is -3.30. The van der Waals surface area contributed by atoms with Crippen molar-refractivity contribution in [2.45, 2.75) is 18.6 Å². The van der Waals surface area contributed by atoms with Gasteiger partial charge in [0.2, 0.25) is 10.0 Å². The maximum Gasteiger partial charge on any atom is 0.215 e. The Hall–Kier alpha value is -1.02. The van der Waals surface area contributed by atoms with Crippen molar-refractivity contribution in [3.63, 3.8) is 0 Å². The summed E-state index contributed by atoms with van der Waals surface area (Å²) in [7, 11) is -3.30. The van der Waals surface area contributed by atoms with Crippen LogP contribution in [0.15, 0.2) is 24.3 Å². The minimum Gasteiger partial charge on any atom is -0.389 e. The lowest BCUT2D eigenvalue weighted by Crippen LogP contribution is -2.34. The molecule has 0 saturated carbocycles. The van der Waals surface area contributed by atoms with Crippen LogP contribution in [0.3, 0.4) is 0 Å². The van der Waals surface area contributed by atoms with E-state index in [0.29, 0.717) is 11.5 Å². The number of hydrogen-bond donors (Lipinski definition) is 2. The third-order valence-corrected chi connectivity index (χ3v) is 5.14. The van der Waals surface area contributed by atoms with Crippen LogP contribution in [-0.2, 0) is 15.8 Å². The Balaban J connectivity index is 1.83. The van der Waals surface area contributed by atoms with Crippen LogP contribution in [0.5, 0.6) is 0 Å². The zero-order valence-corrected chi connectivity index (χ0v) is 13.5. The Kier molecular flexibility index (Phi) is 5.69. The lowest BCUT2D eigenvalue weighted by molar-refractivity contribution is 0.344. The summed E-state index contributed by atoms with van der Waals surface area (Å²) in [4.78, 5) is 2.59. The molecule has 1 fully saturated rings. The van der Waals surface area contributed by atoms with Gasteiger partial charge in [-0.3, -0.25) is 0 Å². The van der Waals surface area contributed by atoms with Crippen molar-refractivity contribution >= 4 is 27.2 Å². The fraction of sp³-hybridized carbons (Fsp3) is 0.500. The van der Waals surface area contributed by atoms with Gasteiger partial charge in [-0.1, -0.05) is 36.5 Å². The van der Waals surface area contributed by atoms with Gasteiger partial charge in [-0.25, -0.2) is 13.1 Å². The number of nitrogens with zero attached hydrogens (tertiary/aromatic N) is 1. The predicted molar refractivity (Wildman–Crippen MR) is 88.6 cm³/mol. The van der Waals surface area contributed by atoms with Crippen LogP contribution in [0.1, 0.15) is 24.0 Å². The first-order chi connectivity index (χ1) is 9.96. The van der Waals surface area contributed by atoms with E-state index in [1.54, 1.807) is 24.3 Å². The van der Waals surface area contributed by atoms with E-state index in [4.69, 9.17) is 18.0 Å². The van der Waals surface area contributed by atoms with Crippen molar-refractivity contribution in [3.05, 3.63) is 35.4 Å². The lowest BCUT2D eigenvalue weighted by atomic mass is 10.1. The maximum absolute atomic E-state index is 12.0. The molecule has 0 radical (unpaired) electrons. The quantitative estimate of drug-likeness (QED) is 0.726. The molecule has 3 N–H and O–H groups in total. The zero-order valence-electron chi connectivity index (χ0n) is 11.9. The Labute approximate surface area is 131 Å². The highest BCUT2D eigenvalue weighted by molar-refractivity contribution is 7.88. The number of benzene rings is 1. The molecule has 116 valence electrons. The highest BCUT2D eigenvalue weighted by Crippen LogP contribution is 2.09. The van der Waals surface area contributed by atoms with E-state index >= 15 is 0 Å². The van der Waals surface area contributed by atoms with E-state index in [9.17, 15) is 8.42 Å². The molecular weight excluding hydrogens is 306 g/mol. The topological polar surface area (TPSA) is 75.4 Å². The monoisotopic (exact) mass is 327 g/mol. The van der Waals surface area contributed by atoms with Crippen LogP contribution in [0.2, 0.25) is 0 Å². The molecule has 0 amide bonds. The molecule has 21 heavy (non-hydrogen) atoms. The van der Waals surface area contributed by atoms with Gasteiger partial charge in [-0.05, 0) is 31.5 Å². The number of hydrogen-bond acceptors (Lipinski definition) is 4. The fourth-order valence-corrected chi connectivity index (χ4v) is 3.67. The van der Waals surface area contributed by atoms with E-state index in [2.05, 4.69) is 9.62 Å². The SMILES string of the molecule is NC(=S)c1ccc(CS(=O)(=O)NCCN2CCCC2)cc1. The molecule has 0 aliphatic carbocycles. The van der Waals surface area contributed by atoms with Gasteiger partial charge in [-0.2, -0.15) is 0 Å². The molecule has 1 heterocycles. The van der Waals surface area contributed by atoms with Gasteiger partial charge in [0, 0.05) is 18.7 Å². The Morgan fingerprint density at radius 2 is 1.86 bits per heavy atom. The van der Waals surface area contributed by atoms with E-state index < -0.39 is 10.0 Å². The van der Waals surface area contributed by atoms with Crippen LogP contribution in [0.25, 0.3) is 0 Å². The second kappa shape index (κ2) is 7.31. The Morgan fingerprint density at radius 1 is 1.24 bits per heavy atom. The van der Waals surface area contributed by atoms with E-state index in [1.807, 2.05) is 0 Å². The molecule has 0 atom stereocenters. The van der Waals surface area contributed by atoms with Gasteiger partial charge < -0.3 is 10.6 Å². The van der Waals surface area contributed by atoms with Gasteiger partial charge in [0.1, 0.15) is 4.99 Å². The first-order valence-corrected chi connectivity index (χ1v) is 9.11. The summed E-state index contributed by atoms with van der Waals surface area (Å²) in [5.41, 5.74) is 6.98. The first kappa shape index (κ1) is 16.4. The van der Waals surface area contributed by atoms with E-state index in [1.165, 1.54) is 12.8 Å².